The van der Waals surface area contributed by atoms with Crippen LogP contribution in [-0.4, -0.2) is 68.3 Å². The van der Waals surface area contributed by atoms with Crippen molar-refractivity contribution in [2.24, 2.45) is 4.99 Å². The Morgan fingerprint density at radius 2 is 2.50 bits per heavy atom. The molecule has 1 aliphatic heterocycles. The van der Waals surface area contributed by atoms with Gasteiger partial charge in [-0.1, -0.05) is 0 Å². The van der Waals surface area contributed by atoms with E-state index in [-0.39, 0.29) is 48.9 Å². The van der Waals surface area contributed by atoms with Gasteiger partial charge in [0.2, 0.25) is 0 Å². The normalized spacial score (nSPS) is 16.0. The summed E-state index contributed by atoms with van der Waals surface area (Å²) in [6, 6.07) is 0. The van der Waals surface area contributed by atoms with Crippen LogP contribution in [0.1, 0.15) is 0 Å². The number of aliphatic imine (C=N–C) groups is 1. The Hall–Kier alpha value is 1.04. The van der Waals surface area contributed by atoms with Crippen LogP contribution in [0.5, 0.6) is 0 Å². The SMILES string of the molecule is C1=NCCN1.[BaH2]. The zero-order chi connectivity index (χ0) is 3.54. The van der Waals surface area contributed by atoms with Crippen molar-refractivity contribution in [2.75, 3.05) is 13.1 Å². The molecule has 1 heterocycles. The van der Waals surface area contributed by atoms with Crippen LogP contribution in [-0.2, 0) is 0 Å². The van der Waals surface area contributed by atoms with Gasteiger partial charge in [0, 0.05) is 6.54 Å². The molecule has 0 spiro atoms. The van der Waals surface area contributed by atoms with Crippen molar-refractivity contribution in [3.8, 4) is 0 Å². The second kappa shape index (κ2) is 4.21. The Bertz CT molecular complexity index is 46.8. The summed E-state index contributed by atoms with van der Waals surface area (Å²) in [5, 5.41) is 2.93. The second-order valence-corrected chi connectivity index (χ2v) is 0.989. The topological polar surface area (TPSA) is 24.4 Å². The van der Waals surface area contributed by atoms with Crippen LogP contribution in [0.4, 0.5) is 0 Å². The van der Waals surface area contributed by atoms with E-state index in [4.69, 9.17) is 0 Å². The Balaban J connectivity index is 0.000000250. The summed E-state index contributed by atoms with van der Waals surface area (Å²) >= 11 is 0. The molecule has 0 radical (unpaired) electrons. The summed E-state index contributed by atoms with van der Waals surface area (Å²) < 4.78 is 0. The minimum atomic E-state index is 0. The minimum absolute atomic E-state index is 0. The molecule has 0 bridgehead atoms. The summed E-state index contributed by atoms with van der Waals surface area (Å²) in [6.45, 7) is 1.99. The molecule has 0 unspecified atom stereocenters. The van der Waals surface area contributed by atoms with Crippen LogP contribution in [0, 0.1) is 0 Å². The predicted octanol–water partition coefficient (Wildman–Crippen LogP) is -1.30. The van der Waals surface area contributed by atoms with Crippen molar-refractivity contribution in [2.45, 2.75) is 0 Å². The van der Waals surface area contributed by atoms with Gasteiger partial charge in [-0.15, -0.1) is 0 Å². The zero-order valence-electron chi connectivity index (χ0n) is 2.94. The van der Waals surface area contributed by atoms with E-state index in [0.29, 0.717) is 0 Å². The fourth-order valence-corrected chi connectivity index (χ4v) is 0.323. The van der Waals surface area contributed by atoms with Crippen LogP contribution in [0.25, 0.3) is 0 Å². The fourth-order valence-electron chi connectivity index (χ4n) is 0.323. The molecular weight excluding hydrogens is 201 g/mol. The first-order valence-electron chi connectivity index (χ1n) is 1.72. The standard InChI is InChI=1S/C3H6N2.Ba.2H/c1-2-5-3-4-1;;;/h3H,1-2H2,(H,4,5);;;. The first-order valence-corrected chi connectivity index (χ1v) is 1.72. The molecule has 0 aromatic heterocycles. The maximum atomic E-state index is 3.85. The molecular formula is C3H8BaN2. The molecule has 6 heavy (non-hydrogen) atoms. The van der Waals surface area contributed by atoms with Crippen LogP contribution in [0.3, 0.4) is 0 Å². The number of nitrogens with zero attached hydrogens (tertiary/aromatic N) is 1. The quantitative estimate of drug-likeness (QED) is 0.493. The van der Waals surface area contributed by atoms with E-state index in [9.17, 15) is 0 Å². The van der Waals surface area contributed by atoms with Gasteiger partial charge in [0.1, 0.15) is 0 Å². The first kappa shape index (κ1) is 7.04. The third-order valence-corrected chi connectivity index (χ3v) is 0.568. The Labute approximate surface area is 77.5 Å². The molecule has 1 N–H and O–H groups in total. The van der Waals surface area contributed by atoms with Gasteiger partial charge in [0.25, 0.3) is 0 Å². The average Bonchev–Trinajstić information content (AvgIpc) is 1.76. The molecule has 0 atom stereocenters. The van der Waals surface area contributed by atoms with Crippen LogP contribution < -0.4 is 5.32 Å². The molecule has 3 heteroatoms. The van der Waals surface area contributed by atoms with E-state index in [1.54, 1.807) is 6.34 Å². The number of hydrogen-bond donors (Lipinski definition) is 1. The van der Waals surface area contributed by atoms with Gasteiger partial charge in [-0.25, -0.2) is 0 Å². The van der Waals surface area contributed by atoms with Crippen LogP contribution in [0.15, 0.2) is 4.99 Å². The summed E-state index contributed by atoms with van der Waals surface area (Å²) in [5.41, 5.74) is 0. The van der Waals surface area contributed by atoms with Crippen molar-refractivity contribution in [3.05, 3.63) is 0 Å². The molecule has 0 saturated carbocycles. The van der Waals surface area contributed by atoms with E-state index in [1.165, 1.54) is 0 Å². The third kappa shape index (κ3) is 2.26. The van der Waals surface area contributed by atoms with Gasteiger partial charge < -0.3 is 5.32 Å². The monoisotopic (exact) mass is 210 g/mol. The Kier molecular flexibility index (Phi) is 4.94. The molecule has 0 amide bonds. The van der Waals surface area contributed by atoms with Gasteiger partial charge in [-0.2, -0.15) is 0 Å². The average molecular weight is 209 g/mol. The maximum absolute atomic E-state index is 3.85. The van der Waals surface area contributed by atoms with Gasteiger partial charge in [-0.05, 0) is 0 Å². The van der Waals surface area contributed by atoms with Crippen molar-refractivity contribution >= 4 is 55.2 Å². The summed E-state index contributed by atoms with van der Waals surface area (Å²) in [6.07, 6.45) is 1.74. The van der Waals surface area contributed by atoms with Gasteiger partial charge in [0.15, 0.2) is 0 Å². The fraction of sp³-hybridized carbons (Fsp3) is 0.667. The molecule has 0 aromatic rings. The molecule has 0 fully saturated rings. The zero-order valence-corrected chi connectivity index (χ0v) is 2.94. The molecule has 0 aromatic carbocycles. The molecule has 1 aliphatic rings. The molecule has 32 valence electrons. The van der Waals surface area contributed by atoms with Crippen LogP contribution >= 0.6 is 0 Å². The van der Waals surface area contributed by atoms with E-state index in [1.807, 2.05) is 0 Å². The van der Waals surface area contributed by atoms with E-state index >= 15 is 0 Å². The van der Waals surface area contributed by atoms with Gasteiger partial charge in [-0.3, -0.25) is 4.99 Å². The number of nitrogens with one attached hydrogen (secondary N) is 1. The van der Waals surface area contributed by atoms with E-state index in [0.717, 1.165) is 13.1 Å². The molecule has 0 saturated heterocycles. The molecule has 1 rings (SSSR count). The van der Waals surface area contributed by atoms with Crippen molar-refractivity contribution in [3.63, 3.8) is 0 Å². The summed E-state index contributed by atoms with van der Waals surface area (Å²) in [4.78, 5) is 3.85. The van der Waals surface area contributed by atoms with Crippen molar-refractivity contribution in [1.29, 1.82) is 0 Å². The Morgan fingerprint density at radius 3 is 2.67 bits per heavy atom. The third-order valence-electron chi connectivity index (χ3n) is 0.568. The summed E-state index contributed by atoms with van der Waals surface area (Å²) in [5.74, 6) is 0. The number of rotatable bonds is 0. The van der Waals surface area contributed by atoms with Crippen LogP contribution in [0.2, 0.25) is 0 Å². The second-order valence-electron chi connectivity index (χ2n) is 0.989. The van der Waals surface area contributed by atoms with Gasteiger partial charge >= 0.3 is 48.9 Å². The Morgan fingerprint density at radius 1 is 1.67 bits per heavy atom. The van der Waals surface area contributed by atoms with Crippen molar-refractivity contribution in [1.82, 2.24) is 5.32 Å². The van der Waals surface area contributed by atoms with Gasteiger partial charge in [0.05, 0.1) is 12.9 Å². The number of hydrogen-bond acceptors (Lipinski definition) is 2. The predicted molar refractivity (Wildman–Crippen MR) is 29.9 cm³/mol. The summed E-state index contributed by atoms with van der Waals surface area (Å²) in [7, 11) is 0. The molecule has 0 aliphatic carbocycles. The van der Waals surface area contributed by atoms with E-state index < -0.39 is 0 Å². The molecule has 2 nitrogen and oxygen atoms in total. The first-order chi connectivity index (χ1) is 2.50. The van der Waals surface area contributed by atoms with E-state index in [2.05, 4.69) is 10.3 Å². The van der Waals surface area contributed by atoms with Crippen molar-refractivity contribution < 1.29 is 0 Å².